The van der Waals surface area contributed by atoms with Crippen LogP contribution in [0.3, 0.4) is 0 Å². The van der Waals surface area contributed by atoms with Crippen molar-refractivity contribution in [3.8, 4) is 0 Å². The average Bonchev–Trinajstić information content (AvgIpc) is 2.60. The van der Waals surface area contributed by atoms with Gasteiger partial charge in [0.1, 0.15) is 9.73 Å². The maximum absolute atomic E-state index is 13.7. The third kappa shape index (κ3) is 3.07. The summed E-state index contributed by atoms with van der Waals surface area (Å²) in [5.74, 6) is -0.365. The van der Waals surface area contributed by atoms with Crippen LogP contribution in [0.1, 0.15) is 19.8 Å². The molecule has 0 bridgehead atoms. The number of benzene rings is 2. The van der Waals surface area contributed by atoms with Gasteiger partial charge in [-0.1, -0.05) is 24.3 Å². The number of nitrogens with zero attached hydrogens (tertiary/aromatic N) is 1. The van der Waals surface area contributed by atoms with Gasteiger partial charge in [0, 0.05) is 13.5 Å². The lowest BCUT2D eigenvalue weighted by Gasteiger charge is -2.24. The maximum atomic E-state index is 13.7. The molecule has 6 heteroatoms. The van der Waals surface area contributed by atoms with Crippen molar-refractivity contribution in [1.82, 2.24) is 0 Å². The van der Waals surface area contributed by atoms with Crippen LogP contribution in [0.5, 0.6) is 0 Å². The summed E-state index contributed by atoms with van der Waals surface area (Å²) in [6, 6.07) is 14.5. The Morgan fingerprint density at radius 3 is 2.21 bits per heavy atom. The molecule has 1 N–H and O–H groups in total. The van der Waals surface area contributed by atoms with Crippen LogP contribution in [0, 0.1) is 0 Å². The van der Waals surface area contributed by atoms with Crippen LogP contribution >= 0.6 is 0 Å². The number of carbonyl (C=O) groups excluding carboxylic acids is 1. The van der Waals surface area contributed by atoms with Gasteiger partial charge < -0.3 is 10.1 Å². The number of ether oxygens (including phenoxy) is 1. The Labute approximate surface area is 142 Å². The summed E-state index contributed by atoms with van der Waals surface area (Å²) in [6.45, 7) is 1.89. The third-order valence-corrected chi connectivity index (χ3v) is 6.40. The second-order valence-corrected chi connectivity index (χ2v) is 7.83. The Bertz CT molecular complexity index is 834. The third-order valence-electron chi connectivity index (χ3n) is 4.04. The van der Waals surface area contributed by atoms with Gasteiger partial charge in [0.15, 0.2) is 0 Å². The van der Waals surface area contributed by atoms with Gasteiger partial charge in [-0.3, -0.25) is 4.79 Å². The van der Waals surface area contributed by atoms with Crippen LogP contribution in [0.2, 0.25) is 0 Å². The summed E-state index contributed by atoms with van der Waals surface area (Å²) < 4.78 is 23.0. The first-order valence-corrected chi connectivity index (χ1v) is 9.34. The van der Waals surface area contributed by atoms with Gasteiger partial charge in [-0.25, -0.2) is 4.21 Å². The molecule has 3 rings (SSSR count). The number of carbonyl (C=O) groups is 1. The lowest BCUT2D eigenvalue weighted by molar-refractivity contribution is -0.118. The maximum Gasteiger partial charge on any atom is 0.254 e. The lowest BCUT2D eigenvalue weighted by Crippen LogP contribution is -2.15. The fourth-order valence-corrected chi connectivity index (χ4v) is 4.79. The summed E-state index contributed by atoms with van der Waals surface area (Å²) >= 11 is 0. The zero-order chi connectivity index (χ0) is 17.2. The minimum absolute atomic E-state index is 0.0330. The van der Waals surface area contributed by atoms with Crippen molar-refractivity contribution in [2.24, 2.45) is 4.36 Å². The monoisotopic (exact) mass is 344 g/mol. The van der Waals surface area contributed by atoms with E-state index in [4.69, 9.17) is 4.74 Å². The first-order valence-electron chi connectivity index (χ1n) is 7.82. The molecule has 1 heterocycles. The molecule has 1 aliphatic rings. The summed E-state index contributed by atoms with van der Waals surface area (Å²) in [5.41, 5.74) is 1.45. The molecule has 1 aliphatic heterocycles. The van der Waals surface area contributed by atoms with Crippen LogP contribution in [0.4, 0.5) is 11.4 Å². The van der Waals surface area contributed by atoms with Gasteiger partial charge in [-0.2, -0.15) is 4.36 Å². The molecule has 0 spiro atoms. The molecule has 5 nitrogen and oxygen atoms in total. The number of para-hydroxylation sites is 2. The van der Waals surface area contributed by atoms with E-state index >= 15 is 0 Å². The molecule has 0 aromatic heterocycles. The zero-order valence-corrected chi connectivity index (χ0v) is 14.5. The number of nitrogens with one attached hydrogen (secondary N) is 1. The fraction of sp³-hybridized carbons (Fsp3) is 0.278. The smallest absolute Gasteiger partial charge is 0.254 e. The van der Waals surface area contributed by atoms with Gasteiger partial charge in [-0.15, -0.1) is 0 Å². The van der Waals surface area contributed by atoms with Crippen LogP contribution in [0.15, 0.2) is 62.7 Å². The van der Waals surface area contributed by atoms with E-state index in [1.54, 1.807) is 31.4 Å². The first-order chi connectivity index (χ1) is 11.5. The van der Waals surface area contributed by atoms with Gasteiger partial charge in [0.25, 0.3) is 5.91 Å². The number of rotatable bonds is 4. The van der Waals surface area contributed by atoms with E-state index < -0.39 is 9.73 Å². The molecular weight excluding hydrogens is 324 g/mol. The largest absolute Gasteiger partial charge is 0.382 e. The number of methoxy groups -OCH3 is 1. The van der Waals surface area contributed by atoms with Crippen LogP contribution in [-0.2, 0) is 19.3 Å². The normalized spacial score (nSPS) is 15.6. The number of fused-ring (bicyclic) bond motifs is 2. The quantitative estimate of drug-likeness (QED) is 0.777. The van der Waals surface area contributed by atoms with Crippen LogP contribution < -0.4 is 5.32 Å². The van der Waals surface area contributed by atoms with E-state index in [1.165, 1.54) is 0 Å². The predicted octanol–water partition coefficient (Wildman–Crippen LogP) is 3.97. The van der Waals surface area contributed by atoms with Crippen LogP contribution in [-0.4, -0.2) is 23.3 Å². The molecule has 126 valence electrons. The molecule has 2 aromatic rings. The summed E-state index contributed by atoms with van der Waals surface area (Å²) in [4.78, 5) is 13.4. The van der Waals surface area contributed by atoms with E-state index in [2.05, 4.69) is 9.68 Å². The molecule has 0 fully saturated rings. The average molecular weight is 344 g/mol. The predicted molar refractivity (Wildman–Crippen MR) is 94.0 cm³/mol. The molecule has 24 heavy (non-hydrogen) atoms. The Hall–Kier alpha value is -2.18. The van der Waals surface area contributed by atoms with Crippen molar-refractivity contribution in [2.45, 2.75) is 35.7 Å². The highest BCUT2D eigenvalue weighted by Crippen LogP contribution is 2.40. The van der Waals surface area contributed by atoms with Crippen molar-refractivity contribution in [2.75, 3.05) is 12.4 Å². The summed E-state index contributed by atoms with van der Waals surface area (Å²) in [5, 5.41) is 3.26. The topological polar surface area (TPSA) is 67.8 Å². The SMILES string of the molecule is COC(C)CCC(=O)N=S1(=O)c2ccccc2Nc2ccccc21. The standard InChI is InChI=1S/C18H20N2O3S/c1-13(23-2)11-12-18(21)20-24(22)16-9-5-3-7-14(16)19-15-8-4-6-10-17(15)24/h3-10,13,19H,11-12H2,1-2H3. The minimum Gasteiger partial charge on any atom is -0.382 e. The molecule has 1 atom stereocenters. The number of hydrogen-bond acceptors (Lipinski definition) is 4. The fourth-order valence-electron chi connectivity index (χ4n) is 2.62. The van der Waals surface area contributed by atoms with E-state index in [0.717, 1.165) is 11.4 Å². The van der Waals surface area contributed by atoms with Gasteiger partial charge in [-0.05, 0) is 37.6 Å². The van der Waals surface area contributed by atoms with Gasteiger partial charge in [0.05, 0.1) is 27.3 Å². The zero-order valence-electron chi connectivity index (χ0n) is 13.7. The Morgan fingerprint density at radius 2 is 1.67 bits per heavy atom. The Morgan fingerprint density at radius 1 is 1.12 bits per heavy atom. The van der Waals surface area contributed by atoms with Crippen molar-refractivity contribution in [3.05, 3.63) is 48.5 Å². The number of anilines is 2. The number of hydrogen-bond donors (Lipinski definition) is 1. The first kappa shape index (κ1) is 16.7. The summed E-state index contributed by atoms with van der Waals surface area (Å²) in [6.07, 6.45) is 0.731. The van der Waals surface area contributed by atoms with E-state index in [-0.39, 0.29) is 18.4 Å². The molecule has 0 saturated heterocycles. The second-order valence-electron chi connectivity index (χ2n) is 5.71. The molecule has 0 aliphatic carbocycles. The van der Waals surface area contributed by atoms with Crippen molar-refractivity contribution >= 4 is 27.0 Å². The highest BCUT2D eigenvalue weighted by Gasteiger charge is 2.28. The highest BCUT2D eigenvalue weighted by atomic mass is 32.2. The Balaban J connectivity index is 2.07. The van der Waals surface area contributed by atoms with Gasteiger partial charge in [0.2, 0.25) is 0 Å². The van der Waals surface area contributed by atoms with Crippen molar-refractivity contribution in [3.63, 3.8) is 0 Å². The molecule has 0 radical (unpaired) electrons. The number of amides is 1. The molecule has 2 aromatic carbocycles. The molecule has 0 saturated carbocycles. The second kappa shape index (κ2) is 6.75. The molecule has 1 amide bonds. The van der Waals surface area contributed by atoms with Crippen molar-refractivity contribution < 1.29 is 13.7 Å². The van der Waals surface area contributed by atoms with Gasteiger partial charge >= 0.3 is 0 Å². The van der Waals surface area contributed by atoms with E-state index in [9.17, 15) is 9.00 Å². The van der Waals surface area contributed by atoms with Crippen LogP contribution in [0.25, 0.3) is 0 Å². The summed E-state index contributed by atoms with van der Waals surface area (Å²) in [7, 11) is -1.39. The lowest BCUT2D eigenvalue weighted by atomic mass is 10.2. The molecular formula is C18H20N2O3S. The van der Waals surface area contributed by atoms with E-state index in [1.807, 2.05) is 31.2 Å². The Kier molecular flexibility index (Phi) is 4.69. The highest BCUT2D eigenvalue weighted by molar-refractivity contribution is 7.94. The molecule has 1 unspecified atom stereocenters. The van der Waals surface area contributed by atoms with E-state index in [0.29, 0.717) is 16.2 Å². The minimum atomic E-state index is -2.99. The van der Waals surface area contributed by atoms with Crippen molar-refractivity contribution in [1.29, 1.82) is 0 Å².